The Balaban J connectivity index is 4.37. The number of carbonyl (C=O) groups is 3. The molecule has 0 aromatic carbocycles. The molecular weight excluding hydrogens is 805 g/mol. The molecule has 0 N–H and O–H groups in total. The van der Waals surface area contributed by atoms with Crippen LogP contribution in [-0.2, 0) is 28.6 Å². The summed E-state index contributed by atoms with van der Waals surface area (Å²) in [7, 11) is 0. The Hall–Kier alpha value is -3.15. The maximum atomic E-state index is 12.8. The highest BCUT2D eigenvalue weighted by atomic mass is 16.6. The predicted molar refractivity (Wildman–Crippen MR) is 279 cm³/mol. The van der Waals surface area contributed by atoms with Gasteiger partial charge in [0.15, 0.2) is 6.10 Å². The first-order valence-electron chi connectivity index (χ1n) is 27.4. The van der Waals surface area contributed by atoms with Crippen LogP contribution in [-0.4, -0.2) is 37.2 Å². The van der Waals surface area contributed by atoms with Crippen LogP contribution in [0.15, 0.2) is 72.9 Å². The second-order valence-corrected chi connectivity index (χ2v) is 18.1. The Kier molecular flexibility index (Phi) is 50.9. The molecule has 1 atom stereocenters. The number of carbonyl (C=O) groups excluding carboxylic acids is 3. The van der Waals surface area contributed by atoms with E-state index in [9.17, 15) is 14.4 Å². The standard InChI is InChI=1S/C59H102O6/c1-4-7-10-13-16-19-22-24-26-27-28-29-30-31-33-35-38-41-44-47-50-53-59(62)65-56(54-63-57(60)51-48-45-42-39-36-21-18-15-12-9-6-3)55-64-58(61)52-49-46-43-40-37-34-32-25-23-20-17-14-11-8-5-2/h8,11,15,17-18,20,24-26,32,37,40,56H,4-7,9-10,12-14,16,19,21-23,27-31,33-36,38-39,41-55H2,1-3H3/b11-8-,18-15-,20-17-,26-24-,32-25-,40-37-/t56-/m0/s1. The van der Waals surface area contributed by atoms with Crippen molar-refractivity contribution in [2.45, 2.75) is 271 Å². The minimum atomic E-state index is -0.795. The van der Waals surface area contributed by atoms with Crippen molar-refractivity contribution in [3.05, 3.63) is 72.9 Å². The van der Waals surface area contributed by atoms with Crippen LogP contribution in [0.3, 0.4) is 0 Å². The first kappa shape index (κ1) is 61.9. The van der Waals surface area contributed by atoms with Gasteiger partial charge in [0.2, 0.25) is 0 Å². The van der Waals surface area contributed by atoms with Gasteiger partial charge in [0, 0.05) is 19.3 Å². The molecule has 0 aliphatic heterocycles. The van der Waals surface area contributed by atoms with E-state index in [1.807, 2.05) is 0 Å². The number of hydrogen-bond acceptors (Lipinski definition) is 6. The topological polar surface area (TPSA) is 78.9 Å². The fourth-order valence-corrected chi connectivity index (χ4v) is 7.53. The molecule has 0 amide bonds. The van der Waals surface area contributed by atoms with Crippen LogP contribution in [0, 0.1) is 0 Å². The third-order valence-corrected chi connectivity index (χ3v) is 11.7. The molecule has 0 aliphatic carbocycles. The summed E-state index contributed by atoms with van der Waals surface area (Å²) in [4.78, 5) is 38.0. The fourth-order valence-electron chi connectivity index (χ4n) is 7.53. The van der Waals surface area contributed by atoms with Gasteiger partial charge in [0.1, 0.15) is 13.2 Å². The highest BCUT2D eigenvalue weighted by Gasteiger charge is 2.19. The van der Waals surface area contributed by atoms with Gasteiger partial charge in [-0.25, -0.2) is 0 Å². The van der Waals surface area contributed by atoms with Crippen molar-refractivity contribution in [2.75, 3.05) is 13.2 Å². The summed E-state index contributed by atoms with van der Waals surface area (Å²) in [6.07, 6.45) is 67.6. The lowest BCUT2D eigenvalue weighted by molar-refractivity contribution is -0.167. The van der Waals surface area contributed by atoms with Gasteiger partial charge in [-0.05, 0) is 103 Å². The lowest BCUT2D eigenvalue weighted by Gasteiger charge is -2.18. The molecule has 0 fully saturated rings. The smallest absolute Gasteiger partial charge is 0.306 e. The molecule has 0 aliphatic rings. The van der Waals surface area contributed by atoms with Crippen molar-refractivity contribution in [1.29, 1.82) is 0 Å². The zero-order chi connectivity index (χ0) is 47.2. The summed E-state index contributed by atoms with van der Waals surface area (Å²) >= 11 is 0. The lowest BCUT2D eigenvalue weighted by Crippen LogP contribution is -2.30. The van der Waals surface area contributed by atoms with Crippen LogP contribution >= 0.6 is 0 Å². The van der Waals surface area contributed by atoms with Crippen molar-refractivity contribution in [3.8, 4) is 0 Å². The summed E-state index contributed by atoms with van der Waals surface area (Å²) in [5.41, 5.74) is 0. The van der Waals surface area contributed by atoms with Crippen molar-refractivity contribution in [1.82, 2.24) is 0 Å². The van der Waals surface area contributed by atoms with Crippen LogP contribution in [0.25, 0.3) is 0 Å². The predicted octanol–water partition coefficient (Wildman–Crippen LogP) is 18.2. The first-order chi connectivity index (χ1) is 32.0. The van der Waals surface area contributed by atoms with E-state index in [4.69, 9.17) is 14.2 Å². The van der Waals surface area contributed by atoms with E-state index >= 15 is 0 Å². The van der Waals surface area contributed by atoms with Gasteiger partial charge in [-0.2, -0.15) is 0 Å². The third-order valence-electron chi connectivity index (χ3n) is 11.7. The second-order valence-electron chi connectivity index (χ2n) is 18.1. The SMILES string of the molecule is CC/C=C\C/C=C\C/C=C\C/C=C\CCCCC(=O)OC[C@H](COC(=O)CCCCCCC/C=C\CCCC)OC(=O)CCCCCCCCCCCCC/C=C\CCCCCCCC. The maximum Gasteiger partial charge on any atom is 0.306 e. The summed E-state index contributed by atoms with van der Waals surface area (Å²) < 4.78 is 16.8. The van der Waals surface area contributed by atoms with Gasteiger partial charge in [-0.15, -0.1) is 0 Å². The first-order valence-corrected chi connectivity index (χ1v) is 27.4. The third kappa shape index (κ3) is 51.7. The second kappa shape index (κ2) is 53.5. The quantitative estimate of drug-likeness (QED) is 0.0262. The van der Waals surface area contributed by atoms with Crippen LogP contribution in [0.4, 0.5) is 0 Å². The van der Waals surface area contributed by atoms with Gasteiger partial charge in [-0.3, -0.25) is 14.4 Å². The van der Waals surface area contributed by atoms with E-state index in [1.54, 1.807) is 0 Å². The van der Waals surface area contributed by atoms with E-state index in [2.05, 4.69) is 93.7 Å². The summed E-state index contributed by atoms with van der Waals surface area (Å²) in [5, 5.41) is 0. The summed E-state index contributed by atoms with van der Waals surface area (Å²) in [6.45, 7) is 6.45. The summed E-state index contributed by atoms with van der Waals surface area (Å²) in [6, 6.07) is 0. The van der Waals surface area contributed by atoms with Crippen LogP contribution in [0.5, 0.6) is 0 Å². The number of allylic oxidation sites excluding steroid dienone is 12. The molecule has 0 heterocycles. The van der Waals surface area contributed by atoms with E-state index in [0.29, 0.717) is 19.3 Å². The van der Waals surface area contributed by atoms with E-state index < -0.39 is 6.10 Å². The zero-order valence-corrected chi connectivity index (χ0v) is 42.7. The molecule has 6 nitrogen and oxygen atoms in total. The highest BCUT2D eigenvalue weighted by Crippen LogP contribution is 2.15. The molecule has 65 heavy (non-hydrogen) atoms. The van der Waals surface area contributed by atoms with E-state index in [1.165, 1.54) is 135 Å². The zero-order valence-electron chi connectivity index (χ0n) is 42.7. The molecule has 0 rings (SSSR count). The molecule has 0 saturated carbocycles. The number of esters is 3. The number of ether oxygens (including phenoxy) is 3. The monoisotopic (exact) mass is 907 g/mol. The van der Waals surface area contributed by atoms with Gasteiger partial charge in [0.25, 0.3) is 0 Å². The summed E-state index contributed by atoms with van der Waals surface area (Å²) in [5.74, 6) is -0.942. The molecule has 0 saturated heterocycles. The van der Waals surface area contributed by atoms with Crippen LogP contribution in [0.1, 0.15) is 265 Å². The normalized spacial score (nSPS) is 12.6. The Labute approximate surface area is 402 Å². The van der Waals surface area contributed by atoms with Crippen LogP contribution in [0.2, 0.25) is 0 Å². The Morgan fingerprint density at radius 3 is 1.03 bits per heavy atom. The maximum absolute atomic E-state index is 12.8. The average molecular weight is 907 g/mol. The van der Waals surface area contributed by atoms with Gasteiger partial charge >= 0.3 is 17.9 Å². The molecular formula is C59H102O6. The number of unbranched alkanes of at least 4 members (excludes halogenated alkanes) is 26. The van der Waals surface area contributed by atoms with Crippen LogP contribution < -0.4 is 0 Å². The van der Waals surface area contributed by atoms with Gasteiger partial charge in [0.05, 0.1) is 0 Å². The molecule has 0 radical (unpaired) electrons. The van der Waals surface area contributed by atoms with Gasteiger partial charge in [-0.1, -0.05) is 216 Å². The van der Waals surface area contributed by atoms with Gasteiger partial charge < -0.3 is 14.2 Å². The Morgan fingerprint density at radius 1 is 0.323 bits per heavy atom. The van der Waals surface area contributed by atoms with E-state index in [-0.39, 0.29) is 31.1 Å². The minimum absolute atomic E-state index is 0.0929. The fraction of sp³-hybridized carbons (Fsp3) is 0.746. The lowest BCUT2D eigenvalue weighted by atomic mass is 10.0. The highest BCUT2D eigenvalue weighted by molar-refractivity contribution is 5.71. The van der Waals surface area contributed by atoms with Crippen molar-refractivity contribution in [3.63, 3.8) is 0 Å². The van der Waals surface area contributed by atoms with Crippen molar-refractivity contribution in [2.24, 2.45) is 0 Å². The van der Waals surface area contributed by atoms with Crippen molar-refractivity contribution < 1.29 is 28.6 Å². The largest absolute Gasteiger partial charge is 0.462 e. The number of hydrogen-bond donors (Lipinski definition) is 0. The minimum Gasteiger partial charge on any atom is -0.462 e. The average Bonchev–Trinajstić information content (AvgIpc) is 3.30. The molecule has 0 aromatic heterocycles. The van der Waals surface area contributed by atoms with E-state index in [0.717, 1.165) is 89.9 Å². The van der Waals surface area contributed by atoms with Crippen molar-refractivity contribution >= 4 is 17.9 Å². The molecule has 0 unspecified atom stereocenters. The molecule has 0 bridgehead atoms. The molecule has 6 heteroatoms. The number of rotatable bonds is 49. The Morgan fingerprint density at radius 2 is 0.615 bits per heavy atom. The molecule has 0 spiro atoms. The molecule has 374 valence electrons. The Bertz CT molecular complexity index is 1230. The molecule has 0 aromatic rings.